The maximum Gasteiger partial charge on any atom is 0.404 e. The molecule has 2 fully saturated rings. The molecule has 3 rings (SSSR count). The Balaban J connectivity index is 0.000000758. The summed E-state index contributed by atoms with van der Waals surface area (Å²) in [6.07, 6.45) is 7.29. The van der Waals surface area contributed by atoms with Gasteiger partial charge in [0.2, 0.25) is 5.95 Å². The van der Waals surface area contributed by atoms with E-state index >= 15 is 0 Å². The average molecular weight is 365 g/mol. The molecule has 1 aromatic heterocycles. The molecule has 1 unspecified atom stereocenters. The predicted molar refractivity (Wildman–Crippen MR) is 97.2 cm³/mol. The molecule has 1 aliphatic carbocycles. The number of aromatic nitrogens is 2. The van der Waals surface area contributed by atoms with Crippen LogP contribution >= 0.6 is 0 Å². The summed E-state index contributed by atoms with van der Waals surface area (Å²) in [5, 5.41) is 18.3. The Hall–Kier alpha value is -2.58. The van der Waals surface area contributed by atoms with Gasteiger partial charge in [-0.05, 0) is 18.8 Å². The fourth-order valence-electron chi connectivity index (χ4n) is 3.72. The summed E-state index contributed by atoms with van der Waals surface area (Å²) in [6.45, 7) is 1.16. The molecule has 9 heteroatoms. The van der Waals surface area contributed by atoms with Crippen molar-refractivity contribution in [3.63, 3.8) is 0 Å². The molecule has 1 amide bonds. The first kappa shape index (κ1) is 19.7. The first-order chi connectivity index (χ1) is 12.5. The molecule has 5 N–H and O–H groups in total. The molecule has 9 nitrogen and oxygen atoms in total. The number of nitrogens with one attached hydrogen (secondary N) is 1. The summed E-state index contributed by atoms with van der Waals surface area (Å²) in [5.74, 6) is 1.83. The number of nitrogens with zero attached hydrogens (tertiary/aromatic N) is 3. The summed E-state index contributed by atoms with van der Waals surface area (Å²) < 4.78 is 0. The molecule has 0 radical (unpaired) electrons. The van der Waals surface area contributed by atoms with Crippen LogP contribution in [0.1, 0.15) is 44.2 Å². The zero-order valence-electron chi connectivity index (χ0n) is 14.8. The highest BCUT2D eigenvalue weighted by atomic mass is 16.4. The molecule has 0 aromatic carbocycles. The molecule has 1 saturated carbocycles. The number of nitrogens with two attached hydrogens (primary N) is 1. The smallest absolute Gasteiger partial charge is 0.404 e. The number of anilines is 2. The Bertz CT molecular complexity index is 607. The van der Waals surface area contributed by atoms with Crippen LogP contribution in [0.2, 0.25) is 0 Å². The second kappa shape index (κ2) is 9.79. The van der Waals surface area contributed by atoms with Crippen LogP contribution in [0.25, 0.3) is 0 Å². The largest absolute Gasteiger partial charge is 0.483 e. The molecule has 2 aliphatic rings. The highest BCUT2D eigenvalue weighted by Crippen LogP contribution is 2.28. The lowest BCUT2D eigenvalue weighted by atomic mass is 9.86. The quantitative estimate of drug-likeness (QED) is 0.591. The molecule has 144 valence electrons. The van der Waals surface area contributed by atoms with Gasteiger partial charge in [-0.2, -0.15) is 4.98 Å². The van der Waals surface area contributed by atoms with Crippen LogP contribution in [-0.4, -0.2) is 51.9 Å². The van der Waals surface area contributed by atoms with E-state index in [-0.39, 0.29) is 12.5 Å². The van der Waals surface area contributed by atoms with Gasteiger partial charge in [0.1, 0.15) is 5.82 Å². The van der Waals surface area contributed by atoms with Crippen molar-refractivity contribution in [3.05, 3.63) is 11.8 Å². The molecule has 1 saturated heterocycles. The van der Waals surface area contributed by atoms with E-state index in [1.165, 1.54) is 32.1 Å². The van der Waals surface area contributed by atoms with Crippen LogP contribution in [0.4, 0.5) is 16.6 Å². The molecule has 26 heavy (non-hydrogen) atoms. The minimum absolute atomic E-state index is 0.0505. The number of carbonyl (C=O) groups is 2. The van der Waals surface area contributed by atoms with E-state index in [2.05, 4.69) is 20.2 Å². The normalized spacial score (nSPS) is 20.2. The lowest BCUT2D eigenvalue weighted by Gasteiger charge is -2.22. The third-order valence-electron chi connectivity index (χ3n) is 4.85. The molecule has 2 heterocycles. The number of carboxylic acid groups (broad SMARTS) is 2. The van der Waals surface area contributed by atoms with Crippen molar-refractivity contribution in [1.82, 2.24) is 15.3 Å². The maximum absolute atomic E-state index is 10.8. The molecule has 1 aromatic rings. The van der Waals surface area contributed by atoms with Crippen molar-refractivity contribution in [1.29, 1.82) is 0 Å². The van der Waals surface area contributed by atoms with Crippen molar-refractivity contribution >= 4 is 24.3 Å². The van der Waals surface area contributed by atoms with Gasteiger partial charge in [-0.3, -0.25) is 4.79 Å². The molecular formula is C17H27N5O4. The van der Waals surface area contributed by atoms with Gasteiger partial charge in [0, 0.05) is 24.8 Å². The number of amides is 1. The van der Waals surface area contributed by atoms with Gasteiger partial charge in [-0.25, -0.2) is 9.78 Å². The van der Waals surface area contributed by atoms with E-state index in [0.29, 0.717) is 18.4 Å². The van der Waals surface area contributed by atoms with Crippen molar-refractivity contribution < 1.29 is 19.8 Å². The molecule has 0 bridgehead atoms. The van der Waals surface area contributed by atoms with Gasteiger partial charge >= 0.3 is 6.09 Å². The highest BCUT2D eigenvalue weighted by molar-refractivity contribution is 5.65. The Morgan fingerprint density at radius 3 is 2.65 bits per heavy atom. The first-order valence-corrected chi connectivity index (χ1v) is 8.97. The van der Waals surface area contributed by atoms with Gasteiger partial charge in [-0.1, -0.05) is 32.1 Å². The lowest BCUT2D eigenvalue weighted by molar-refractivity contribution is -0.122. The SMILES string of the molecule is Nc1nc(CC2CCCCC2)cc(N2CCC(NC(=O)O)C2)n1.O=CO. The summed E-state index contributed by atoms with van der Waals surface area (Å²) in [6, 6.07) is 1.97. The van der Waals surface area contributed by atoms with E-state index in [4.69, 9.17) is 20.7 Å². The number of hydrogen-bond donors (Lipinski definition) is 4. The fraction of sp³-hybridized carbons (Fsp3) is 0.647. The van der Waals surface area contributed by atoms with Crippen LogP contribution in [0.15, 0.2) is 6.07 Å². The van der Waals surface area contributed by atoms with Gasteiger partial charge in [0.25, 0.3) is 6.47 Å². The standard InChI is InChI=1S/C16H25N5O2.CH2O2/c17-15-18-13(8-11-4-2-1-3-5-11)9-14(20-15)21-7-6-12(10-21)19-16(22)23;2-1-3/h9,11-12,19H,1-8,10H2,(H,22,23)(H2,17,18,20);1H,(H,2,3). The van der Waals surface area contributed by atoms with Gasteiger partial charge in [-0.15, -0.1) is 0 Å². The van der Waals surface area contributed by atoms with Gasteiger partial charge in [0.05, 0.1) is 6.04 Å². The predicted octanol–water partition coefficient (Wildman–Crippen LogP) is 1.73. The van der Waals surface area contributed by atoms with E-state index < -0.39 is 6.09 Å². The van der Waals surface area contributed by atoms with E-state index in [1.807, 2.05) is 6.07 Å². The summed E-state index contributed by atoms with van der Waals surface area (Å²) >= 11 is 0. The lowest BCUT2D eigenvalue weighted by Crippen LogP contribution is -2.36. The minimum Gasteiger partial charge on any atom is -0.483 e. The van der Waals surface area contributed by atoms with Crippen molar-refractivity contribution in [2.24, 2.45) is 5.92 Å². The number of nitrogen functional groups attached to an aromatic ring is 1. The number of rotatable bonds is 4. The Morgan fingerprint density at radius 2 is 2.00 bits per heavy atom. The average Bonchev–Trinajstić information content (AvgIpc) is 3.04. The van der Waals surface area contributed by atoms with Crippen molar-refractivity contribution in [3.8, 4) is 0 Å². The maximum atomic E-state index is 10.8. The second-order valence-electron chi connectivity index (χ2n) is 6.77. The van der Waals surface area contributed by atoms with Crippen LogP contribution in [0, 0.1) is 5.92 Å². The van der Waals surface area contributed by atoms with Crippen LogP contribution in [-0.2, 0) is 11.2 Å². The van der Waals surface area contributed by atoms with E-state index in [9.17, 15) is 4.79 Å². The Morgan fingerprint density at radius 1 is 1.31 bits per heavy atom. The summed E-state index contributed by atoms with van der Waals surface area (Å²) in [7, 11) is 0. The Kier molecular flexibility index (Phi) is 7.43. The monoisotopic (exact) mass is 365 g/mol. The summed E-state index contributed by atoms with van der Waals surface area (Å²) in [4.78, 5) is 29.9. The Labute approximate surface area is 152 Å². The van der Waals surface area contributed by atoms with Gasteiger partial charge in [0.15, 0.2) is 0 Å². The zero-order chi connectivity index (χ0) is 18.9. The van der Waals surface area contributed by atoms with E-state index in [0.717, 1.165) is 30.9 Å². The van der Waals surface area contributed by atoms with E-state index in [1.54, 1.807) is 0 Å². The van der Waals surface area contributed by atoms with Crippen molar-refractivity contribution in [2.75, 3.05) is 23.7 Å². The van der Waals surface area contributed by atoms with Gasteiger partial charge < -0.3 is 26.2 Å². The molecule has 1 atom stereocenters. The van der Waals surface area contributed by atoms with Crippen molar-refractivity contribution in [2.45, 2.75) is 51.0 Å². The van der Waals surface area contributed by atoms with Crippen LogP contribution in [0.3, 0.4) is 0 Å². The third-order valence-corrected chi connectivity index (χ3v) is 4.85. The summed E-state index contributed by atoms with van der Waals surface area (Å²) in [5.41, 5.74) is 6.90. The zero-order valence-corrected chi connectivity index (χ0v) is 14.8. The van der Waals surface area contributed by atoms with Crippen LogP contribution < -0.4 is 16.0 Å². The fourth-order valence-corrected chi connectivity index (χ4v) is 3.72. The topological polar surface area (TPSA) is 142 Å². The first-order valence-electron chi connectivity index (χ1n) is 8.97. The minimum atomic E-state index is -0.975. The third kappa shape index (κ3) is 6.05. The number of hydrogen-bond acceptors (Lipinski definition) is 6. The molecular weight excluding hydrogens is 338 g/mol. The highest BCUT2D eigenvalue weighted by Gasteiger charge is 2.25. The molecule has 0 spiro atoms. The van der Waals surface area contributed by atoms with Crippen LogP contribution in [0.5, 0.6) is 0 Å². The second-order valence-corrected chi connectivity index (χ2v) is 6.77. The molecule has 1 aliphatic heterocycles.